The van der Waals surface area contributed by atoms with Gasteiger partial charge in [-0.1, -0.05) is 60.6 Å². The predicted octanol–water partition coefficient (Wildman–Crippen LogP) is 7.80. The van der Waals surface area contributed by atoms with Crippen LogP contribution in [0.15, 0.2) is 24.0 Å². The number of carbonyl (C=O) groups is 2. The summed E-state index contributed by atoms with van der Waals surface area (Å²) in [6, 6.07) is 0. The Labute approximate surface area is 302 Å². The quantitative estimate of drug-likeness (QED) is 0.0431. The highest BCUT2D eigenvalue weighted by molar-refractivity contribution is 5.91. The van der Waals surface area contributed by atoms with E-state index in [1.165, 1.54) is 6.08 Å². The van der Waals surface area contributed by atoms with Crippen molar-refractivity contribution in [3.63, 3.8) is 0 Å². The van der Waals surface area contributed by atoms with E-state index in [0.717, 1.165) is 38.5 Å². The average Bonchev–Trinajstić information content (AvgIpc) is 3.63. The van der Waals surface area contributed by atoms with Gasteiger partial charge in [0.1, 0.15) is 0 Å². The molecule has 290 valence electrons. The number of carboxylic acids is 1. The van der Waals surface area contributed by atoms with Crippen LogP contribution in [0.5, 0.6) is 0 Å². The van der Waals surface area contributed by atoms with Gasteiger partial charge in [0.05, 0.1) is 47.5 Å². The van der Waals surface area contributed by atoms with Crippen molar-refractivity contribution in [1.29, 1.82) is 0 Å². The minimum atomic E-state index is -0.781. The maximum Gasteiger partial charge on any atom is 0.303 e. The standard InChI is InChI=1S/C41H72O9/c1-25(21-29(5)34(43)24-35(44)30(6)22-27(3)20-26(2)14-15-38(46)47)12-11-13-28(4)39(48)31(7)36(45)23-33-16-18-41(10,49-33)37-17-19-40(9,50-37)32(8)42/h11,13,24-33,36-37,39,42-43,45,48H,12,14-23H2,1-10H3,(H,46,47)/b13-11+,34-24-/t25-,26-,27-,28-,29-,30-,31+,32+,33+,36-,37-,39-,40-,41-/m0/s1. The van der Waals surface area contributed by atoms with Gasteiger partial charge in [-0.3, -0.25) is 9.59 Å². The summed E-state index contributed by atoms with van der Waals surface area (Å²) in [7, 11) is 0. The summed E-state index contributed by atoms with van der Waals surface area (Å²) in [6.07, 6.45) is 10.8. The van der Waals surface area contributed by atoms with Crippen LogP contribution in [0.1, 0.15) is 140 Å². The second-order valence-corrected chi connectivity index (χ2v) is 17.1. The molecule has 2 aliphatic rings. The molecule has 2 aliphatic heterocycles. The zero-order chi connectivity index (χ0) is 38.0. The number of hydrogen-bond acceptors (Lipinski definition) is 8. The van der Waals surface area contributed by atoms with Crippen LogP contribution < -0.4 is 0 Å². The van der Waals surface area contributed by atoms with Crippen LogP contribution in [0.2, 0.25) is 0 Å². The summed E-state index contributed by atoms with van der Waals surface area (Å²) in [5, 5.41) is 51.9. The number of aliphatic carboxylic acids is 1. The molecule has 0 unspecified atom stereocenters. The molecular weight excluding hydrogens is 636 g/mol. The molecule has 2 heterocycles. The van der Waals surface area contributed by atoms with E-state index in [1.54, 1.807) is 6.92 Å². The fraction of sp³-hybridized carbons (Fsp3) is 0.854. The first kappa shape index (κ1) is 44.4. The lowest BCUT2D eigenvalue weighted by atomic mass is 9.85. The first-order valence-corrected chi connectivity index (χ1v) is 19.4. The number of allylic oxidation sites excluding steroid dienone is 3. The zero-order valence-electron chi connectivity index (χ0n) is 32.8. The number of aliphatic hydroxyl groups excluding tert-OH is 4. The number of ketones is 1. The molecule has 0 aromatic carbocycles. The fourth-order valence-corrected chi connectivity index (χ4v) is 8.02. The summed E-state index contributed by atoms with van der Waals surface area (Å²) in [4.78, 5) is 23.7. The van der Waals surface area contributed by atoms with Gasteiger partial charge in [0.2, 0.25) is 0 Å². The van der Waals surface area contributed by atoms with Crippen molar-refractivity contribution in [2.75, 3.05) is 0 Å². The first-order chi connectivity index (χ1) is 23.2. The van der Waals surface area contributed by atoms with Gasteiger partial charge < -0.3 is 35.0 Å². The van der Waals surface area contributed by atoms with Crippen molar-refractivity contribution in [3.8, 4) is 0 Å². The van der Waals surface area contributed by atoms with E-state index >= 15 is 0 Å². The topological polar surface area (TPSA) is 154 Å². The normalized spacial score (nSPS) is 30.7. The van der Waals surface area contributed by atoms with Gasteiger partial charge in [0.15, 0.2) is 5.78 Å². The second kappa shape index (κ2) is 19.9. The Bertz CT molecular complexity index is 1120. The highest BCUT2D eigenvalue weighted by atomic mass is 16.6. The van der Waals surface area contributed by atoms with Gasteiger partial charge in [-0.05, 0) is 103 Å². The van der Waals surface area contributed by atoms with Gasteiger partial charge in [-0.25, -0.2) is 0 Å². The molecule has 2 saturated heterocycles. The zero-order valence-corrected chi connectivity index (χ0v) is 32.8. The van der Waals surface area contributed by atoms with E-state index in [9.17, 15) is 30.0 Å². The Hall–Kier alpha value is -1.78. The van der Waals surface area contributed by atoms with Crippen molar-refractivity contribution in [2.24, 2.45) is 41.4 Å². The highest BCUT2D eigenvalue weighted by Crippen LogP contribution is 2.45. The van der Waals surface area contributed by atoms with Crippen LogP contribution in [0.25, 0.3) is 0 Å². The fourth-order valence-electron chi connectivity index (χ4n) is 8.02. The van der Waals surface area contributed by atoms with Crippen LogP contribution in [-0.4, -0.2) is 79.0 Å². The average molecular weight is 709 g/mol. The molecule has 0 aromatic rings. The largest absolute Gasteiger partial charge is 0.512 e. The predicted molar refractivity (Wildman–Crippen MR) is 198 cm³/mol. The third kappa shape index (κ3) is 13.6. The molecule has 0 amide bonds. The highest BCUT2D eigenvalue weighted by Gasteiger charge is 2.51. The first-order valence-electron chi connectivity index (χ1n) is 19.4. The van der Waals surface area contributed by atoms with Crippen molar-refractivity contribution in [3.05, 3.63) is 24.0 Å². The number of rotatable bonds is 22. The lowest BCUT2D eigenvalue weighted by Crippen LogP contribution is -2.44. The van der Waals surface area contributed by atoms with Crippen LogP contribution >= 0.6 is 0 Å². The van der Waals surface area contributed by atoms with Crippen molar-refractivity contribution in [1.82, 2.24) is 0 Å². The lowest BCUT2D eigenvalue weighted by molar-refractivity contribution is -0.172. The minimum absolute atomic E-state index is 0.0809. The van der Waals surface area contributed by atoms with Gasteiger partial charge in [-0.15, -0.1) is 0 Å². The number of hydrogen-bond donors (Lipinski definition) is 5. The molecule has 0 radical (unpaired) electrons. The van der Waals surface area contributed by atoms with Crippen molar-refractivity contribution < 1.29 is 44.6 Å². The van der Waals surface area contributed by atoms with Gasteiger partial charge in [-0.2, -0.15) is 0 Å². The molecule has 0 spiro atoms. The smallest absolute Gasteiger partial charge is 0.303 e. The molecule has 14 atom stereocenters. The minimum Gasteiger partial charge on any atom is -0.512 e. The van der Waals surface area contributed by atoms with Crippen molar-refractivity contribution >= 4 is 11.8 Å². The van der Waals surface area contributed by atoms with E-state index in [4.69, 9.17) is 14.6 Å². The number of ether oxygens (including phenoxy) is 2. The summed E-state index contributed by atoms with van der Waals surface area (Å²) in [5.41, 5.74) is -1.01. The molecule has 0 bridgehead atoms. The Morgan fingerprint density at radius 2 is 1.46 bits per heavy atom. The molecule has 5 N–H and O–H groups in total. The van der Waals surface area contributed by atoms with Gasteiger partial charge in [0, 0.05) is 36.2 Å². The van der Waals surface area contributed by atoms with E-state index in [-0.39, 0.29) is 71.6 Å². The lowest BCUT2D eigenvalue weighted by Gasteiger charge is -2.35. The molecule has 2 fully saturated rings. The van der Waals surface area contributed by atoms with E-state index in [0.29, 0.717) is 25.7 Å². The Morgan fingerprint density at radius 1 is 0.820 bits per heavy atom. The van der Waals surface area contributed by atoms with Crippen LogP contribution in [-0.2, 0) is 19.1 Å². The van der Waals surface area contributed by atoms with Crippen LogP contribution in [0.3, 0.4) is 0 Å². The van der Waals surface area contributed by atoms with Gasteiger partial charge >= 0.3 is 5.97 Å². The van der Waals surface area contributed by atoms with Crippen LogP contribution in [0, 0.1) is 41.4 Å². The summed E-state index contributed by atoms with van der Waals surface area (Å²) in [6.45, 7) is 19.7. The Balaban J connectivity index is 1.77. The summed E-state index contributed by atoms with van der Waals surface area (Å²) < 4.78 is 12.7. The monoisotopic (exact) mass is 709 g/mol. The maximum absolute atomic E-state index is 12.8. The maximum atomic E-state index is 12.8. The Kier molecular flexibility index (Phi) is 17.7. The molecule has 2 rings (SSSR count). The molecule has 9 heteroatoms. The second-order valence-electron chi connectivity index (χ2n) is 17.1. The molecular formula is C41H72O9. The third-order valence-corrected chi connectivity index (χ3v) is 11.9. The molecule has 50 heavy (non-hydrogen) atoms. The molecule has 0 saturated carbocycles. The van der Waals surface area contributed by atoms with E-state index in [2.05, 4.69) is 33.8 Å². The Morgan fingerprint density at radius 3 is 2.06 bits per heavy atom. The third-order valence-electron chi connectivity index (χ3n) is 11.9. The summed E-state index contributed by atoms with van der Waals surface area (Å²) >= 11 is 0. The molecule has 0 aromatic heterocycles. The van der Waals surface area contributed by atoms with E-state index < -0.39 is 35.5 Å². The summed E-state index contributed by atoms with van der Waals surface area (Å²) in [5.74, 6) is -0.810. The number of carboxylic acid groups (broad SMARTS) is 1. The molecule has 0 aliphatic carbocycles. The van der Waals surface area contributed by atoms with Crippen molar-refractivity contribution in [2.45, 2.75) is 182 Å². The van der Waals surface area contributed by atoms with Gasteiger partial charge in [0.25, 0.3) is 0 Å². The SMILES string of the molecule is C[C@@H](CCC(=O)O)C[C@H](C)C[C@H](C)C(=O)/C=C(\O)[C@@H](C)C[C@@H](C)C/C=C/[C@H](C)[C@H](O)[C@H](C)[C@@H](O)C[C@H]1CC[C@@](C)([C@@H]2CC[C@@](C)([C@@H](C)O)O2)O1. The molecule has 9 nitrogen and oxygen atoms in total. The number of carbonyl (C=O) groups excluding carboxylic acids is 1. The van der Waals surface area contributed by atoms with Crippen LogP contribution in [0.4, 0.5) is 0 Å². The van der Waals surface area contributed by atoms with E-state index in [1.807, 2.05) is 40.7 Å². The number of aliphatic hydroxyl groups is 4.